The van der Waals surface area contributed by atoms with E-state index in [0.29, 0.717) is 5.02 Å². The number of hydrogen-bond acceptors (Lipinski definition) is 2. The Morgan fingerprint density at radius 1 is 1.11 bits per heavy atom. The van der Waals surface area contributed by atoms with E-state index in [1.165, 1.54) is 4.90 Å². The van der Waals surface area contributed by atoms with Crippen LogP contribution in [0.2, 0.25) is 5.02 Å². The van der Waals surface area contributed by atoms with Crippen molar-refractivity contribution >= 4 is 29.1 Å². The summed E-state index contributed by atoms with van der Waals surface area (Å²) in [5.41, 5.74) is 3.92. The molecule has 27 heavy (non-hydrogen) atoms. The lowest BCUT2D eigenvalue weighted by Gasteiger charge is -2.18. The van der Waals surface area contributed by atoms with Crippen LogP contribution in [0, 0.1) is 13.8 Å². The van der Waals surface area contributed by atoms with Crippen molar-refractivity contribution in [2.45, 2.75) is 26.8 Å². The van der Waals surface area contributed by atoms with Crippen LogP contribution in [0.15, 0.2) is 42.5 Å². The fourth-order valence-electron chi connectivity index (χ4n) is 2.83. The molecule has 0 aromatic heterocycles. The Labute approximate surface area is 165 Å². The van der Waals surface area contributed by atoms with Crippen LogP contribution in [0.1, 0.15) is 29.7 Å². The molecule has 0 aliphatic heterocycles. The number of anilines is 1. The van der Waals surface area contributed by atoms with Crippen LogP contribution in [-0.4, -0.2) is 36.9 Å². The average Bonchev–Trinajstić information content (AvgIpc) is 2.63. The van der Waals surface area contributed by atoms with Gasteiger partial charge in [-0.1, -0.05) is 41.9 Å². The molecular weight excluding hydrogens is 362 g/mol. The first-order chi connectivity index (χ1) is 12.8. The molecule has 0 radical (unpaired) electrons. The van der Waals surface area contributed by atoms with Gasteiger partial charge >= 0.3 is 0 Å². The molecular formula is C21H27ClN3O2+. The summed E-state index contributed by atoms with van der Waals surface area (Å²) in [4.78, 5) is 26.1. The maximum atomic E-state index is 12.3. The number of carbonyl (C=O) groups excluding carboxylic acids is 2. The highest BCUT2D eigenvalue weighted by atomic mass is 35.5. The molecule has 0 aliphatic carbocycles. The number of amides is 2. The monoisotopic (exact) mass is 388 g/mol. The topological polar surface area (TPSA) is 66.0 Å². The van der Waals surface area contributed by atoms with E-state index in [4.69, 9.17) is 11.6 Å². The lowest BCUT2D eigenvalue weighted by molar-refractivity contribution is -0.683. The zero-order valence-corrected chi connectivity index (χ0v) is 17.0. The maximum Gasteiger partial charge on any atom is 0.277 e. The van der Waals surface area contributed by atoms with Crippen LogP contribution in [-0.2, 0) is 9.59 Å². The first-order valence-electron chi connectivity index (χ1n) is 8.96. The first kappa shape index (κ1) is 20.9. The lowest BCUT2D eigenvalue weighted by Crippen LogP contribution is -2.87. The first-order valence-corrected chi connectivity index (χ1v) is 9.34. The minimum atomic E-state index is -0.200. The van der Waals surface area contributed by atoms with Gasteiger partial charge in [-0.3, -0.25) is 9.59 Å². The predicted octanol–water partition coefficient (Wildman–Crippen LogP) is 2.68. The fraction of sp³-hybridized carbons (Fsp3) is 0.333. The minimum absolute atomic E-state index is 0.0236. The number of nitrogens with two attached hydrogens (primary N) is 1. The number of rotatable bonds is 7. The van der Waals surface area contributed by atoms with Gasteiger partial charge in [0.1, 0.15) is 6.04 Å². The number of nitrogens with zero attached hydrogens (tertiary/aromatic N) is 1. The Kier molecular flexibility index (Phi) is 7.39. The van der Waals surface area contributed by atoms with Crippen LogP contribution in [0.5, 0.6) is 0 Å². The Hall–Kier alpha value is -2.37. The van der Waals surface area contributed by atoms with Gasteiger partial charge in [-0.05, 0) is 44.0 Å². The van der Waals surface area contributed by atoms with E-state index >= 15 is 0 Å². The largest absolute Gasteiger partial charge is 0.333 e. The minimum Gasteiger partial charge on any atom is -0.333 e. The van der Waals surface area contributed by atoms with E-state index in [0.717, 1.165) is 22.4 Å². The van der Waals surface area contributed by atoms with Gasteiger partial charge in [0.2, 0.25) is 5.91 Å². The Morgan fingerprint density at radius 2 is 1.70 bits per heavy atom. The second-order valence-electron chi connectivity index (χ2n) is 6.84. The van der Waals surface area contributed by atoms with E-state index in [9.17, 15) is 9.59 Å². The van der Waals surface area contributed by atoms with Gasteiger partial charge in [-0.2, -0.15) is 0 Å². The number of para-hydroxylation sites is 1. The number of aryl methyl sites for hydroxylation is 2. The quantitative estimate of drug-likeness (QED) is 0.765. The summed E-state index contributed by atoms with van der Waals surface area (Å²) in [6, 6.07) is 13.6. The normalized spacial score (nSPS) is 11.7. The molecule has 0 bridgehead atoms. The summed E-state index contributed by atoms with van der Waals surface area (Å²) >= 11 is 5.90. The van der Waals surface area contributed by atoms with Crippen LogP contribution < -0.4 is 10.6 Å². The summed E-state index contributed by atoms with van der Waals surface area (Å²) in [6.45, 7) is 6.23. The maximum absolute atomic E-state index is 12.3. The molecule has 2 aromatic rings. The van der Waals surface area contributed by atoms with Crippen LogP contribution >= 0.6 is 11.6 Å². The third-order valence-electron chi connectivity index (χ3n) is 4.59. The van der Waals surface area contributed by atoms with Crippen LogP contribution in [0.25, 0.3) is 0 Å². The molecule has 2 amide bonds. The van der Waals surface area contributed by atoms with Crippen molar-refractivity contribution in [2.75, 3.05) is 25.5 Å². The van der Waals surface area contributed by atoms with E-state index in [2.05, 4.69) is 5.32 Å². The number of halogens is 1. The second-order valence-corrected chi connectivity index (χ2v) is 7.28. The van der Waals surface area contributed by atoms with Gasteiger partial charge in [-0.15, -0.1) is 0 Å². The summed E-state index contributed by atoms with van der Waals surface area (Å²) in [5.74, 6) is -0.290. The Morgan fingerprint density at radius 3 is 2.30 bits per heavy atom. The molecule has 2 rings (SSSR count). The summed E-state index contributed by atoms with van der Waals surface area (Å²) in [7, 11) is 1.65. The third-order valence-corrected chi connectivity index (χ3v) is 4.85. The molecule has 0 spiro atoms. The molecule has 5 nitrogen and oxygen atoms in total. The van der Waals surface area contributed by atoms with Crippen LogP contribution in [0.3, 0.4) is 0 Å². The molecule has 1 atom stereocenters. The summed E-state index contributed by atoms with van der Waals surface area (Å²) in [5, 5.41) is 5.55. The average molecular weight is 389 g/mol. The molecule has 0 saturated carbocycles. The van der Waals surface area contributed by atoms with Crippen molar-refractivity contribution in [3.05, 3.63) is 64.2 Å². The summed E-state index contributed by atoms with van der Waals surface area (Å²) in [6.07, 6.45) is 0. The van der Waals surface area contributed by atoms with E-state index in [-0.39, 0.29) is 30.9 Å². The van der Waals surface area contributed by atoms with Crippen molar-refractivity contribution in [2.24, 2.45) is 0 Å². The van der Waals surface area contributed by atoms with Crippen LogP contribution in [0.4, 0.5) is 5.69 Å². The molecule has 0 saturated heterocycles. The standard InChI is InChI=1S/C21H26ClN3O2/c1-14-6-5-7-15(2)21(14)24-19(26)13-25(4)20(27)12-23-16(3)17-8-10-18(22)11-9-17/h5-11,16,23H,12-13H2,1-4H3,(H,24,26)/p+1/t16-/m0/s1. The van der Waals surface area contributed by atoms with E-state index < -0.39 is 0 Å². The Balaban J connectivity index is 1.84. The van der Waals surface area contributed by atoms with Crippen molar-refractivity contribution in [1.82, 2.24) is 4.90 Å². The Bertz CT molecular complexity index is 785. The zero-order chi connectivity index (χ0) is 20.0. The number of benzene rings is 2. The molecule has 3 N–H and O–H groups in total. The smallest absolute Gasteiger partial charge is 0.277 e. The SMILES string of the molecule is Cc1cccc(C)c1NC(=O)CN(C)C(=O)C[NH2+][C@@H](C)c1ccc(Cl)cc1. The molecule has 0 unspecified atom stereocenters. The van der Waals surface area contributed by atoms with Gasteiger partial charge < -0.3 is 15.5 Å². The van der Waals surface area contributed by atoms with Crippen molar-refractivity contribution in [3.63, 3.8) is 0 Å². The van der Waals surface area contributed by atoms with Crippen molar-refractivity contribution < 1.29 is 14.9 Å². The molecule has 144 valence electrons. The number of hydrogen-bond donors (Lipinski definition) is 2. The van der Waals surface area contributed by atoms with Gasteiger partial charge in [0.25, 0.3) is 5.91 Å². The lowest BCUT2D eigenvalue weighted by atomic mass is 10.1. The zero-order valence-electron chi connectivity index (χ0n) is 16.3. The number of quaternary nitrogens is 1. The third kappa shape index (κ3) is 6.08. The number of nitrogens with one attached hydrogen (secondary N) is 1. The number of likely N-dealkylation sites (N-methyl/N-ethyl adjacent to an activating group) is 1. The van der Waals surface area contributed by atoms with Gasteiger partial charge in [0, 0.05) is 23.3 Å². The van der Waals surface area contributed by atoms with Crippen molar-refractivity contribution in [3.8, 4) is 0 Å². The molecule has 0 heterocycles. The summed E-state index contributed by atoms with van der Waals surface area (Å²) < 4.78 is 0. The predicted molar refractivity (Wildman–Crippen MR) is 109 cm³/mol. The molecule has 6 heteroatoms. The highest BCUT2D eigenvalue weighted by Gasteiger charge is 2.17. The molecule has 2 aromatic carbocycles. The molecule has 0 aliphatic rings. The van der Waals surface area contributed by atoms with E-state index in [1.54, 1.807) is 7.05 Å². The number of carbonyl (C=O) groups is 2. The second kappa shape index (κ2) is 9.53. The van der Waals surface area contributed by atoms with Crippen molar-refractivity contribution in [1.29, 1.82) is 0 Å². The molecule has 0 fully saturated rings. The highest BCUT2D eigenvalue weighted by molar-refractivity contribution is 6.30. The van der Waals surface area contributed by atoms with Gasteiger partial charge in [-0.25, -0.2) is 0 Å². The van der Waals surface area contributed by atoms with Gasteiger partial charge in [0.05, 0.1) is 6.54 Å². The highest BCUT2D eigenvalue weighted by Crippen LogP contribution is 2.19. The fourth-order valence-corrected chi connectivity index (χ4v) is 2.96. The van der Waals surface area contributed by atoms with E-state index in [1.807, 2.05) is 68.6 Å². The van der Waals surface area contributed by atoms with Gasteiger partial charge in [0.15, 0.2) is 6.54 Å².